The van der Waals surface area contributed by atoms with Crippen molar-refractivity contribution in [1.29, 1.82) is 0 Å². The van der Waals surface area contributed by atoms with Crippen molar-refractivity contribution in [3.63, 3.8) is 0 Å². The van der Waals surface area contributed by atoms with E-state index in [-0.39, 0.29) is 17.4 Å². The largest absolute Gasteiger partial charge is 0.467 e. The molecule has 0 aliphatic rings. The monoisotopic (exact) mass is 370 g/mol. The Kier molecular flexibility index (Phi) is 5.85. The second-order valence-corrected chi connectivity index (χ2v) is 6.45. The third-order valence-electron chi connectivity index (χ3n) is 3.63. The van der Waals surface area contributed by atoms with Gasteiger partial charge in [-0.2, -0.15) is 0 Å². The van der Waals surface area contributed by atoms with Crippen LogP contribution in [0.25, 0.3) is 0 Å². The van der Waals surface area contributed by atoms with Gasteiger partial charge in [-0.25, -0.2) is 0 Å². The summed E-state index contributed by atoms with van der Waals surface area (Å²) in [6.45, 7) is 2.30. The second-order valence-electron chi connectivity index (χ2n) is 5.51. The third kappa shape index (κ3) is 4.60. The summed E-state index contributed by atoms with van der Waals surface area (Å²) in [5.74, 6) is 0.964. The van der Waals surface area contributed by atoms with Gasteiger partial charge >= 0.3 is 0 Å². The summed E-state index contributed by atoms with van der Waals surface area (Å²) in [6, 6.07) is 10.6. The topological polar surface area (TPSA) is 90.0 Å². The quantitative estimate of drug-likeness (QED) is 0.484. The number of furan rings is 1. The number of amides is 1. The van der Waals surface area contributed by atoms with E-state index >= 15 is 0 Å². The number of nitrogens with zero attached hydrogens (tertiary/aromatic N) is 3. The van der Waals surface area contributed by atoms with Gasteiger partial charge in [0, 0.05) is 17.7 Å². The SMILES string of the molecule is CCC(=O)Nc1ccc(C(=O)CSc2nncn2Cc2ccco2)cc1. The number of carbonyl (C=O) groups is 2. The fourth-order valence-electron chi connectivity index (χ4n) is 2.24. The van der Waals surface area contributed by atoms with Crippen molar-refractivity contribution in [2.75, 3.05) is 11.1 Å². The molecule has 3 rings (SSSR count). The van der Waals surface area contributed by atoms with Gasteiger partial charge in [0.2, 0.25) is 5.91 Å². The maximum Gasteiger partial charge on any atom is 0.224 e. The third-order valence-corrected chi connectivity index (χ3v) is 4.61. The summed E-state index contributed by atoms with van der Waals surface area (Å²) in [5, 5.41) is 11.4. The highest BCUT2D eigenvalue weighted by atomic mass is 32.2. The van der Waals surface area contributed by atoms with E-state index in [1.54, 1.807) is 43.8 Å². The van der Waals surface area contributed by atoms with Crippen molar-refractivity contribution >= 4 is 29.1 Å². The van der Waals surface area contributed by atoms with Gasteiger partial charge in [-0.15, -0.1) is 10.2 Å². The summed E-state index contributed by atoms with van der Waals surface area (Å²) >= 11 is 1.33. The van der Waals surface area contributed by atoms with E-state index in [2.05, 4.69) is 15.5 Å². The average molecular weight is 370 g/mol. The van der Waals surface area contributed by atoms with Crippen molar-refractivity contribution < 1.29 is 14.0 Å². The molecule has 134 valence electrons. The molecule has 0 unspecified atom stereocenters. The Morgan fingerprint density at radius 2 is 2.04 bits per heavy atom. The smallest absolute Gasteiger partial charge is 0.224 e. The molecule has 8 heteroatoms. The number of hydrogen-bond donors (Lipinski definition) is 1. The normalized spacial score (nSPS) is 10.7. The molecule has 0 aliphatic heterocycles. The fourth-order valence-corrected chi connectivity index (χ4v) is 3.05. The lowest BCUT2D eigenvalue weighted by molar-refractivity contribution is -0.115. The number of ketones is 1. The molecule has 1 N–H and O–H groups in total. The molecule has 26 heavy (non-hydrogen) atoms. The summed E-state index contributed by atoms with van der Waals surface area (Å²) in [5.41, 5.74) is 1.27. The molecule has 2 heterocycles. The van der Waals surface area contributed by atoms with Gasteiger partial charge in [0.1, 0.15) is 12.1 Å². The first kappa shape index (κ1) is 17.9. The van der Waals surface area contributed by atoms with Gasteiger partial charge in [-0.05, 0) is 36.4 Å². The van der Waals surface area contributed by atoms with Crippen LogP contribution in [-0.4, -0.2) is 32.2 Å². The second kappa shape index (κ2) is 8.48. The summed E-state index contributed by atoms with van der Waals surface area (Å²) in [4.78, 5) is 23.7. The standard InChI is InChI=1S/C18H18N4O3S/c1-2-17(24)20-14-7-5-13(6-8-14)16(23)11-26-18-21-19-12-22(18)10-15-4-3-9-25-15/h3-9,12H,2,10-11H2,1H3,(H,20,24). The van der Waals surface area contributed by atoms with Crippen LogP contribution in [0.15, 0.2) is 58.6 Å². The maximum atomic E-state index is 12.4. The predicted molar refractivity (Wildman–Crippen MR) is 98.2 cm³/mol. The molecule has 0 saturated heterocycles. The molecular weight excluding hydrogens is 352 g/mol. The van der Waals surface area contributed by atoms with Gasteiger partial charge in [0.15, 0.2) is 10.9 Å². The summed E-state index contributed by atoms with van der Waals surface area (Å²) in [7, 11) is 0. The van der Waals surface area contributed by atoms with Crippen LogP contribution in [0.3, 0.4) is 0 Å². The van der Waals surface area contributed by atoms with Crippen molar-refractivity contribution in [2.24, 2.45) is 0 Å². The lowest BCUT2D eigenvalue weighted by Gasteiger charge is -2.06. The predicted octanol–water partition coefficient (Wildman–Crippen LogP) is 3.24. The van der Waals surface area contributed by atoms with Gasteiger partial charge in [0.25, 0.3) is 0 Å². The molecule has 0 aliphatic carbocycles. The number of thioether (sulfide) groups is 1. The Balaban J connectivity index is 1.57. The minimum absolute atomic E-state index is 0.0177. The highest BCUT2D eigenvalue weighted by molar-refractivity contribution is 7.99. The van der Waals surface area contributed by atoms with E-state index in [1.807, 2.05) is 16.7 Å². The Labute approximate surface area is 154 Å². The number of hydrogen-bond acceptors (Lipinski definition) is 6. The number of nitrogens with one attached hydrogen (secondary N) is 1. The van der Waals surface area contributed by atoms with E-state index in [0.29, 0.717) is 29.4 Å². The zero-order valence-electron chi connectivity index (χ0n) is 14.2. The molecule has 3 aromatic rings. The fraction of sp³-hybridized carbons (Fsp3) is 0.222. The highest BCUT2D eigenvalue weighted by Gasteiger charge is 2.12. The van der Waals surface area contributed by atoms with Crippen molar-refractivity contribution in [2.45, 2.75) is 25.0 Å². The molecule has 1 aromatic carbocycles. The zero-order chi connectivity index (χ0) is 18.4. The summed E-state index contributed by atoms with van der Waals surface area (Å²) in [6.07, 6.45) is 3.64. The molecule has 1 amide bonds. The Morgan fingerprint density at radius 1 is 1.23 bits per heavy atom. The number of aromatic nitrogens is 3. The molecule has 0 fully saturated rings. The van der Waals surface area contributed by atoms with E-state index in [1.165, 1.54) is 11.8 Å². The van der Waals surface area contributed by atoms with Crippen LogP contribution in [0.5, 0.6) is 0 Å². The van der Waals surface area contributed by atoms with Crippen LogP contribution < -0.4 is 5.32 Å². The first-order valence-corrected chi connectivity index (χ1v) is 9.10. The molecule has 0 bridgehead atoms. The molecule has 2 aromatic heterocycles. The van der Waals surface area contributed by atoms with E-state index in [9.17, 15) is 9.59 Å². The van der Waals surface area contributed by atoms with Crippen molar-refractivity contribution in [3.05, 3.63) is 60.3 Å². The Morgan fingerprint density at radius 3 is 2.73 bits per heavy atom. The van der Waals surface area contributed by atoms with Crippen molar-refractivity contribution in [1.82, 2.24) is 14.8 Å². The van der Waals surface area contributed by atoms with Gasteiger partial charge < -0.3 is 14.3 Å². The molecule has 0 saturated carbocycles. The van der Waals surface area contributed by atoms with Crippen LogP contribution in [-0.2, 0) is 11.3 Å². The number of benzene rings is 1. The van der Waals surface area contributed by atoms with Gasteiger partial charge in [-0.3, -0.25) is 9.59 Å². The minimum atomic E-state index is -0.0597. The number of carbonyl (C=O) groups excluding carboxylic acids is 2. The van der Waals surface area contributed by atoms with Gasteiger partial charge in [0.05, 0.1) is 18.6 Å². The van der Waals surface area contributed by atoms with E-state index in [0.717, 1.165) is 5.76 Å². The summed E-state index contributed by atoms with van der Waals surface area (Å²) < 4.78 is 7.15. The van der Waals surface area contributed by atoms with Crippen LogP contribution >= 0.6 is 11.8 Å². The van der Waals surface area contributed by atoms with E-state index in [4.69, 9.17) is 4.42 Å². The molecule has 0 radical (unpaired) electrons. The van der Waals surface area contributed by atoms with Gasteiger partial charge in [-0.1, -0.05) is 18.7 Å². The number of Topliss-reactive ketones (excluding diaryl/α,β-unsaturated/α-hetero) is 1. The van der Waals surface area contributed by atoms with E-state index < -0.39 is 0 Å². The lowest BCUT2D eigenvalue weighted by atomic mass is 10.1. The Hall–Kier alpha value is -2.87. The minimum Gasteiger partial charge on any atom is -0.467 e. The Bertz CT molecular complexity index is 872. The molecular formula is C18H18N4O3S. The lowest BCUT2D eigenvalue weighted by Crippen LogP contribution is -2.10. The number of anilines is 1. The van der Waals surface area contributed by atoms with Crippen LogP contribution in [0.4, 0.5) is 5.69 Å². The zero-order valence-corrected chi connectivity index (χ0v) is 15.0. The molecule has 0 atom stereocenters. The highest BCUT2D eigenvalue weighted by Crippen LogP contribution is 2.19. The first-order valence-electron chi connectivity index (χ1n) is 8.12. The maximum absolute atomic E-state index is 12.4. The average Bonchev–Trinajstić information content (AvgIpc) is 3.32. The molecule has 7 nitrogen and oxygen atoms in total. The number of rotatable bonds is 8. The first-order chi connectivity index (χ1) is 12.7. The van der Waals surface area contributed by atoms with Crippen molar-refractivity contribution in [3.8, 4) is 0 Å². The van der Waals surface area contributed by atoms with Crippen LogP contribution in [0.2, 0.25) is 0 Å². The molecule has 0 spiro atoms. The van der Waals surface area contributed by atoms with Crippen LogP contribution in [0, 0.1) is 0 Å². The van der Waals surface area contributed by atoms with Crippen LogP contribution in [0.1, 0.15) is 29.5 Å².